The fraction of sp³-hybridized carbons (Fsp3) is 0.125. The van der Waals surface area contributed by atoms with E-state index in [9.17, 15) is 22.4 Å². The molecule has 0 aliphatic carbocycles. The Labute approximate surface area is 143 Å². The van der Waals surface area contributed by atoms with E-state index in [1.165, 1.54) is 36.4 Å². The average molecular weight is 363 g/mol. The molecule has 0 unspecified atom stereocenters. The van der Waals surface area contributed by atoms with E-state index in [1.807, 2.05) is 0 Å². The lowest BCUT2D eigenvalue weighted by molar-refractivity contribution is -0.123. The third-order valence-corrected chi connectivity index (χ3v) is 5.24. The predicted molar refractivity (Wildman–Crippen MR) is 87.7 cm³/mol. The monoisotopic (exact) mass is 363 g/mol. The number of benzene rings is 2. The summed E-state index contributed by atoms with van der Waals surface area (Å²) in [4.78, 5) is 23.0. The van der Waals surface area contributed by atoms with Crippen molar-refractivity contribution in [2.45, 2.75) is 17.4 Å². The van der Waals surface area contributed by atoms with Crippen LogP contribution >= 0.6 is 0 Å². The van der Waals surface area contributed by atoms with Gasteiger partial charge in [0.25, 0.3) is 15.9 Å². The van der Waals surface area contributed by atoms with Gasteiger partial charge in [-0.15, -0.1) is 0 Å². The van der Waals surface area contributed by atoms with Gasteiger partial charge in [-0.2, -0.15) is 0 Å². The number of carbonyl (C=O) groups is 2. The summed E-state index contributed by atoms with van der Waals surface area (Å²) >= 11 is 0. The molecule has 1 atom stereocenters. The standard InChI is InChI=1S/C16H14FN3O4S/c1-16(14(21)18-15(22)19-16)10-5-7-12(8-6-10)20-25(23,24)13-4-2-3-11(17)9-13/h2-9,20H,1H3,(H2,18,19,21,22)/t16-/m0/s1. The number of halogens is 1. The van der Waals surface area contributed by atoms with Crippen molar-refractivity contribution in [3.05, 3.63) is 59.9 Å². The molecule has 3 amide bonds. The van der Waals surface area contributed by atoms with Gasteiger partial charge in [-0.05, 0) is 42.8 Å². The Hall–Kier alpha value is -2.94. The molecule has 2 aromatic carbocycles. The summed E-state index contributed by atoms with van der Waals surface area (Å²) < 4.78 is 40.0. The van der Waals surface area contributed by atoms with Gasteiger partial charge < -0.3 is 5.32 Å². The Bertz CT molecular complexity index is 960. The number of sulfonamides is 1. The van der Waals surface area contributed by atoms with Gasteiger partial charge in [0.2, 0.25) is 0 Å². The summed E-state index contributed by atoms with van der Waals surface area (Å²) in [6, 6.07) is 10.00. The maximum Gasteiger partial charge on any atom is 0.322 e. The lowest BCUT2D eigenvalue weighted by Gasteiger charge is -2.21. The molecule has 0 aromatic heterocycles. The number of carbonyl (C=O) groups excluding carboxylic acids is 2. The number of imide groups is 1. The zero-order chi connectivity index (χ0) is 18.2. The van der Waals surface area contributed by atoms with Crippen molar-refractivity contribution >= 4 is 27.6 Å². The molecule has 130 valence electrons. The van der Waals surface area contributed by atoms with Crippen molar-refractivity contribution in [2.24, 2.45) is 0 Å². The molecular formula is C16H14FN3O4S. The highest BCUT2D eigenvalue weighted by molar-refractivity contribution is 7.92. The van der Waals surface area contributed by atoms with Gasteiger partial charge in [0.1, 0.15) is 11.4 Å². The van der Waals surface area contributed by atoms with Gasteiger partial charge in [-0.3, -0.25) is 14.8 Å². The Balaban J connectivity index is 1.84. The van der Waals surface area contributed by atoms with Crippen LogP contribution in [0.15, 0.2) is 53.4 Å². The fourth-order valence-electron chi connectivity index (χ4n) is 2.47. The van der Waals surface area contributed by atoms with Gasteiger partial charge in [-0.25, -0.2) is 17.6 Å². The third kappa shape index (κ3) is 3.18. The van der Waals surface area contributed by atoms with Crippen LogP contribution in [0.2, 0.25) is 0 Å². The number of hydrogen-bond donors (Lipinski definition) is 3. The molecule has 0 spiro atoms. The summed E-state index contributed by atoms with van der Waals surface area (Å²) in [5.74, 6) is -1.15. The van der Waals surface area contributed by atoms with E-state index in [0.29, 0.717) is 5.56 Å². The van der Waals surface area contributed by atoms with Gasteiger partial charge in [0.15, 0.2) is 0 Å². The largest absolute Gasteiger partial charge is 0.322 e. The molecule has 2 aromatic rings. The summed E-state index contributed by atoms with van der Waals surface area (Å²) in [6.07, 6.45) is 0. The highest BCUT2D eigenvalue weighted by atomic mass is 32.2. The van der Waals surface area contributed by atoms with Crippen LogP contribution in [0.4, 0.5) is 14.9 Å². The van der Waals surface area contributed by atoms with E-state index < -0.39 is 33.3 Å². The molecule has 3 rings (SSSR count). The molecule has 1 heterocycles. The van der Waals surface area contributed by atoms with E-state index in [1.54, 1.807) is 6.92 Å². The molecule has 25 heavy (non-hydrogen) atoms. The van der Waals surface area contributed by atoms with Crippen molar-refractivity contribution in [3.8, 4) is 0 Å². The number of hydrogen-bond acceptors (Lipinski definition) is 4. The van der Waals surface area contributed by atoms with Crippen molar-refractivity contribution in [1.29, 1.82) is 0 Å². The Morgan fingerprint density at radius 3 is 2.32 bits per heavy atom. The first-order chi connectivity index (χ1) is 11.7. The zero-order valence-electron chi connectivity index (χ0n) is 13.0. The summed E-state index contributed by atoms with van der Waals surface area (Å²) in [5.41, 5.74) is -0.497. The Morgan fingerprint density at radius 1 is 1.08 bits per heavy atom. The van der Waals surface area contributed by atoms with Crippen LogP contribution in [0.1, 0.15) is 12.5 Å². The molecule has 0 saturated carbocycles. The minimum absolute atomic E-state index is 0.203. The van der Waals surface area contributed by atoms with Crippen LogP contribution in [0, 0.1) is 5.82 Å². The average Bonchev–Trinajstić information content (AvgIpc) is 2.81. The molecule has 9 heteroatoms. The summed E-state index contributed by atoms with van der Waals surface area (Å²) in [6.45, 7) is 1.54. The smallest absolute Gasteiger partial charge is 0.320 e. The number of nitrogens with one attached hydrogen (secondary N) is 3. The first-order valence-corrected chi connectivity index (χ1v) is 8.71. The number of urea groups is 1. The predicted octanol–water partition coefficient (Wildman–Crippen LogP) is 1.68. The quantitative estimate of drug-likeness (QED) is 0.719. The third-order valence-electron chi connectivity index (χ3n) is 3.87. The van der Waals surface area contributed by atoms with Crippen LogP contribution < -0.4 is 15.4 Å². The first-order valence-electron chi connectivity index (χ1n) is 7.23. The van der Waals surface area contributed by atoms with E-state index in [-0.39, 0.29) is 10.6 Å². The number of anilines is 1. The van der Waals surface area contributed by atoms with Crippen LogP contribution in [-0.4, -0.2) is 20.4 Å². The van der Waals surface area contributed by atoms with Gasteiger partial charge in [-0.1, -0.05) is 18.2 Å². The van der Waals surface area contributed by atoms with Gasteiger partial charge >= 0.3 is 6.03 Å². The normalized spacial score (nSPS) is 20.1. The number of rotatable bonds is 4. The second-order valence-corrected chi connectivity index (χ2v) is 7.36. The van der Waals surface area contributed by atoms with E-state index in [4.69, 9.17) is 0 Å². The second-order valence-electron chi connectivity index (χ2n) is 5.67. The van der Waals surface area contributed by atoms with Crippen LogP contribution in [0.25, 0.3) is 0 Å². The lowest BCUT2D eigenvalue weighted by Crippen LogP contribution is -2.40. The lowest BCUT2D eigenvalue weighted by atomic mass is 9.92. The van der Waals surface area contributed by atoms with E-state index in [0.717, 1.165) is 12.1 Å². The highest BCUT2D eigenvalue weighted by Gasteiger charge is 2.43. The minimum Gasteiger partial charge on any atom is -0.320 e. The SMILES string of the molecule is C[C@@]1(c2ccc(NS(=O)(=O)c3cccc(F)c3)cc2)NC(=O)NC1=O. The van der Waals surface area contributed by atoms with Crippen LogP contribution in [-0.2, 0) is 20.4 Å². The van der Waals surface area contributed by atoms with Crippen molar-refractivity contribution in [2.75, 3.05) is 4.72 Å². The summed E-state index contributed by atoms with van der Waals surface area (Å²) in [5, 5.41) is 4.67. The van der Waals surface area contributed by atoms with E-state index >= 15 is 0 Å². The number of amides is 3. The van der Waals surface area contributed by atoms with E-state index in [2.05, 4.69) is 15.4 Å². The molecule has 0 bridgehead atoms. The fourth-order valence-corrected chi connectivity index (χ4v) is 3.56. The van der Waals surface area contributed by atoms with Crippen molar-refractivity contribution in [3.63, 3.8) is 0 Å². The zero-order valence-corrected chi connectivity index (χ0v) is 13.9. The first kappa shape index (κ1) is 16.9. The minimum atomic E-state index is -3.94. The molecule has 3 N–H and O–H groups in total. The second kappa shape index (κ2) is 5.85. The Kier molecular flexibility index (Phi) is 3.96. The Morgan fingerprint density at radius 2 is 1.76 bits per heavy atom. The molecule has 7 nitrogen and oxygen atoms in total. The maximum absolute atomic E-state index is 13.2. The molecule has 0 radical (unpaired) electrons. The van der Waals surface area contributed by atoms with Crippen LogP contribution in [0.3, 0.4) is 0 Å². The molecule has 1 fully saturated rings. The summed E-state index contributed by atoms with van der Waals surface area (Å²) in [7, 11) is -3.94. The maximum atomic E-state index is 13.2. The van der Waals surface area contributed by atoms with Crippen molar-refractivity contribution in [1.82, 2.24) is 10.6 Å². The molecule has 1 saturated heterocycles. The van der Waals surface area contributed by atoms with Gasteiger partial charge in [0, 0.05) is 5.69 Å². The molecule has 1 aliphatic heterocycles. The van der Waals surface area contributed by atoms with Crippen molar-refractivity contribution < 1.29 is 22.4 Å². The van der Waals surface area contributed by atoms with Crippen LogP contribution in [0.5, 0.6) is 0 Å². The highest BCUT2D eigenvalue weighted by Crippen LogP contribution is 2.26. The molecule has 1 aliphatic rings. The van der Waals surface area contributed by atoms with Gasteiger partial charge in [0.05, 0.1) is 4.90 Å². The molecular weight excluding hydrogens is 349 g/mol. The topological polar surface area (TPSA) is 104 Å².